The van der Waals surface area contributed by atoms with E-state index >= 15 is 0 Å². The van der Waals surface area contributed by atoms with E-state index < -0.39 is 0 Å². The molecule has 0 unspecified atom stereocenters. The molecule has 1 heterocycles. The summed E-state index contributed by atoms with van der Waals surface area (Å²) < 4.78 is 1.45. The summed E-state index contributed by atoms with van der Waals surface area (Å²) >= 11 is 1.91. The molecular formula is C7H10IN3O. The van der Waals surface area contributed by atoms with E-state index in [0.29, 0.717) is 11.6 Å². The molecule has 66 valence electrons. The van der Waals surface area contributed by atoms with Crippen molar-refractivity contribution in [2.24, 2.45) is 0 Å². The summed E-state index contributed by atoms with van der Waals surface area (Å²) in [5.41, 5.74) is 0. The van der Waals surface area contributed by atoms with E-state index in [1.54, 1.807) is 11.9 Å². The van der Waals surface area contributed by atoms with Gasteiger partial charge in [-0.15, -0.1) is 0 Å². The Balaban J connectivity index is 2.99. The van der Waals surface area contributed by atoms with Crippen LogP contribution in [0.15, 0.2) is 24.8 Å². The number of amides is 2. The Hall–Kier alpha value is -0.720. The number of hydrogen-bond donors (Lipinski definition) is 0. The monoisotopic (exact) mass is 279 g/mol. The second-order valence-electron chi connectivity index (χ2n) is 2.51. The molecule has 0 aliphatic carbocycles. The molecule has 0 aromatic heterocycles. The quantitative estimate of drug-likeness (QED) is 0.497. The first-order valence-corrected chi connectivity index (χ1v) is 4.28. The zero-order chi connectivity index (χ0) is 9.46. The maximum absolute atomic E-state index is 11.4. The number of hydrogen-bond acceptors (Lipinski definition) is 2. The van der Waals surface area contributed by atoms with Crippen molar-refractivity contribution < 1.29 is 4.79 Å². The molecule has 5 heteroatoms. The van der Waals surface area contributed by atoms with E-state index in [-0.39, 0.29) is 6.03 Å². The van der Waals surface area contributed by atoms with Gasteiger partial charge < -0.3 is 4.90 Å². The minimum atomic E-state index is -0.122. The molecule has 0 radical (unpaired) electrons. The van der Waals surface area contributed by atoms with Crippen LogP contribution in [0.5, 0.6) is 0 Å². The normalized spacial score (nSPS) is 19.2. The van der Waals surface area contributed by atoms with Gasteiger partial charge in [0.2, 0.25) is 0 Å². The topological polar surface area (TPSA) is 26.8 Å². The molecule has 0 aromatic rings. The lowest BCUT2D eigenvalue weighted by Gasteiger charge is -2.39. The average molecular weight is 279 g/mol. The van der Waals surface area contributed by atoms with Gasteiger partial charge in [-0.25, -0.2) is 7.91 Å². The number of carbonyl (C=O) groups is 1. The van der Waals surface area contributed by atoms with E-state index in [0.717, 1.165) is 0 Å². The Morgan fingerprint density at radius 2 is 1.67 bits per heavy atom. The van der Waals surface area contributed by atoms with Gasteiger partial charge in [0.15, 0.2) is 0 Å². The highest BCUT2D eigenvalue weighted by molar-refractivity contribution is 14.1. The molecule has 1 fully saturated rings. The lowest BCUT2D eigenvalue weighted by atomic mass is 10.5. The minimum absolute atomic E-state index is 0.122. The standard InChI is InChI=1S/C7H10IN3O/c1-5-9(3)6(2)11(8)7(12)10(5)4/h1-2H2,3-4H3. The molecule has 12 heavy (non-hydrogen) atoms. The maximum atomic E-state index is 11.4. The summed E-state index contributed by atoms with van der Waals surface area (Å²) in [6, 6.07) is -0.122. The van der Waals surface area contributed by atoms with Crippen LogP contribution in [0.3, 0.4) is 0 Å². The number of rotatable bonds is 0. The molecule has 1 rings (SSSR count). The molecule has 0 aromatic carbocycles. The molecule has 1 aliphatic heterocycles. The van der Waals surface area contributed by atoms with Crippen LogP contribution in [0.2, 0.25) is 0 Å². The third-order valence-electron chi connectivity index (χ3n) is 1.84. The number of urea groups is 1. The van der Waals surface area contributed by atoms with E-state index in [9.17, 15) is 4.79 Å². The van der Waals surface area contributed by atoms with Crippen LogP contribution >= 0.6 is 22.9 Å². The number of carbonyl (C=O) groups excluding carboxylic acids is 1. The van der Waals surface area contributed by atoms with Crippen LogP contribution in [-0.2, 0) is 0 Å². The summed E-state index contributed by atoms with van der Waals surface area (Å²) in [7, 11) is 3.50. The second kappa shape index (κ2) is 2.96. The molecule has 0 bridgehead atoms. The SMILES string of the molecule is C=C1N(C)C(=C)N(I)C(=O)N1C. The summed E-state index contributed by atoms with van der Waals surface area (Å²) in [5.74, 6) is 1.27. The fraction of sp³-hybridized carbons (Fsp3) is 0.286. The highest BCUT2D eigenvalue weighted by Crippen LogP contribution is 2.25. The molecule has 1 aliphatic rings. The van der Waals surface area contributed by atoms with Gasteiger partial charge in [-0.2, -0.15) is 0 Å². The van der Waals surface area contributed by atoms with Gasteiger partial charge in [-0.05, 0) is 0 Å². The van der Waals surface area contributed by atoms with Gasteiger partial charge in [0, 0.05) is 14.1 Å². The smallest absolute Gasteiger partial charge is 0.317 e. The largest absolute Gasteiger partial charge is 0.340 e. The Kier molecular flexibility index (Phi) is 2.31. The highest BCUT2D eigenvalue weighted by atomic mass is 127. The van der Waals surface area contributed by atoms with Crippen LogP contribution in [0.4, 0.5) is 4.79 Å². The van der Waals surface area contributed by atoms with Crippen molar-refractivity contribution in [3.8, 4) is 0 Å². The summed E-state index contributed by atoms with van der Waals surface area (Å²) in [6.07, 6.45) is 0. The predicted octanol–water partition coefficient (Wildman–Crippen LogP) is 1.58. The van der Waals surface area contributed by atoms with Crippen molar-refractivity contribution in [2.75, 3.05) is 14.1 Å². The summed E-state index contributed by atoms with van der Waals surface area (Å²) in [6.45, 7) is 7.50. The molecule has 0 N–H and O–H groups in total. The van der Waals surface area contributed by atoms with Crippen molar-refractivity contribution in [2.45, 2.75) is 0 Å². The van der Waals surface area contributed by atoms with Gasteiger partial charge in [-0.3, -0.25) is 4.90 Å². The van der Waals surface area contributed by atoms with Crippen molar-refractivity contribution in [3.05, 3.63) is 24.8 Å². The van der Waals surface area contributed by atoms with Crippen LogP contribution in [0.1, 0.15) is 0 Å². The van der Waals surface area contributed by atoms with Gasteiger partial charge >= 0.3 is 6.03 Å². The van der Waals surface area contributed by atoms with E-state index in [4.69, 9.17) is 0 Å². The van der Waals surface area contributed by atoms with Crippen molar-refractivity contribution >= 4 is 28.9 Å². The van der Waals surface area contributed by atoms with Crippen LogP contribution in [-0.4, -0.2) is 33.0 Å². The Labute approximate surface area is 85.6 Å². The van der Waals surface area contributed by atoms with E-state index in [1.165, 1.54) is 8.01 Å². The summed E-state index contributed by atoms with van der Waals surface area (Å²) in [4.78, 5) is 14.6. The van der Waals surface area contributed by atoms with Crippen LogP contribution in [0, 0.1) is 0 Å². The number of nitrogens with zero attached hydrogens (tertiary/aromatic N) is 3. The van der Waals surface area contributed by atoms with Gasteiger partial charge in [0.1, 0.15) is 11.6 Å². The fourth-order valence-corrected chi connectivity index (χ4v) is 1.51. The molecular weight excluding hydrogens is 269 g/mol. The molecule has 0 atom stereocenters. The van der Waals surface area contributed by atoms with E-state index in [1.807, 2.05) is 29.9 Å². The lowest BCUT2D eigenvalue weighted by molar-refractivity contribution is 0.175. The van der Waals surface area contributed by atoms with Crippen molar-refractivity contribution in [1.29, 1.82) is 0 Å². The Bertz CT molecular complexity index is 203. The Morgan fingerprint density at radius 1 is 1.17 bits per heavy atom. The van der Waals surface area contributed by atoms with Crippen molar-refractivity contribution in [3.63, 3.8) is 0 Å². The second-order valence-corrected chi connectivity index (χ2v) is 3.48. The third kappa shape index (κ3) is 1.17. The average Bonchev–Trinajstić information content (AvgIpc) is 2.08. The molecule has 1 saturated heterocycles. The lowest BCUT2D eigenvalue weighted by Crippen LogP contribution is -2.47. The molecule has 2 amide bonds. The first kappa shape index (κ1) is 9.37. The van der Waals surface area contributed by atoms with E-state index in [2.05, 4.69) is 13.2 Å². The van der Waals surface area contributed by atoms with Crippen LogP contribution in [0.25, 0.3) is 0 Å². The predicted molar refractivity (Wildman–Crippen MR) is 55.1 cm³/mol. The molecule has 4 nitrogen and oxygen atoms in total. The minimum Gasteiger partial charge on any atom is -0.317 e. The summed E-state index contributed by atoms with van der Waals surface area (Å²) in [5, 5.41) is 0. The number of halogens is 1. The Morgan fingerprint density at radius 3 is 2.17 bits per heavy atom. The zero-order valence-electron chi connectivity index (χ0n) is 7.04. The first-order chi connectivity index (χ1) is 5.46. The first-order valence-electron chi connectivity index (χ1n) is 3.32. The molecule has 0 spiro atoms. The fourth-order valence-electron chi connectivity index (χ4n) is 0.858. The molecule has 0 saturated carbocycles. The van der Waals surface area contributed by atoms with Gasteiger partial charge in [0.05, 0.1) is 22.9 Å². The highest BCUT2D eigenvalue weighted by Gasteiger charge is 2.30. The van der Waals surface area contributed by atoms with Crippen LogP contribution < -0.4 is 0 Å². The zero-order valence-corrected chi connectivity index (χ0v) is 9.20. The van der Waals surface area contributed by atoms with Gasteiger partial charge in [-0.1, -0.05) is 13.2 Å². The van der Waals surface area contributed by atoms with Crippen molar-refractivity contribution in [1.82, 2.24) is 12.9 Å². The third-order valence-corrected chi connectivity index (χ3v) is 2.81. The maximum Gasteiger partial charge on any atom is 0.340 e. The van der Waals surface area contributed by atoms with Gasteiger partial charge in [0.25, 0.3) is 0 Å².